The van der Waals surface area contributed by atoms with Crippen molar-refractivity contribution in [1.82, 2.24) is 29.3 Å². The van der Waals surface area contributed by atoms with Crippen LogP contribution in [-0.4, -0.2) is 55.6 Å². The molecular weight excluding hydrogens is 342 g/mol. The van der Waals surface area contributed by atoms with E-state index in [9.17, 15) is 0 Å². The van der Waals surface area contributed by atoms with E-state index in [-0.39, 0.29) is 0 Å². The van der Waals surface area contributed by atoms with Crippen LogP contribution >= 0.6 is 0 Å². The molecule has 1 saturated carbocycles. The van der Waals surface area contributed by atoms with Gasteiger partial charge < -0.3 is 14.2 Å². The zero-order chi connectivity index (χ0) is 18.2. The summed E-state index contributed by atoms with van der Waals surface area (Å²) in [4.78, 5) is 17.0. The zero-order valence-electron chi connectivity index (χ0n) is 15.7. The number of hydrogen-bond donors (Lipinski definition) is 0. The van der Waals surface area contributed by atoms with Crippen LogP contribution in [0, 0.1) is 0 Å². The molecule has 0 amide bonds. The van der Waals surface area contributed by atoms with Gasteiger partial charge in [-0.2, -0.15) is 15.1 Å². The van der Waals surface area contributed by atoms with Crippen molar-refractivity contribution in [1.29, 1.82) is 0 Å². The summed E-state index contributed by atoms with van der Waals surface area (Å²) in [5.74, 6) is 3.15. The summed E-state index contributed by atoms with van der Waals surface area (Å²) in [6, 6.07) is 1.89. The lowest BCUT2D eigenvalue weighted by Gasteiger charge is -2.28. The molecule has 1 saturated heterocycles. The Morgan fingerprint density at radius 2 is 1.85 bits per heavy atom. The van der Waals surface area contributed by atoms with Crippen LogP contribution in [0.5, 0.6) is 0 Å². The lowest BCUT2D eigenvalue weighted by atomic mass is 9.89. The van der Waals surface area contributed by atoms with Gasteiger partial charge in [-0.3, -0.25) is 0 Å². The second kappa shape index (κ2) is 6.92. The average Bonchev–Trinajstić information content (AvgIpc) is 3.37. The van der Waals surface area contributed by atoms with Gasteiger partial charge in [-0.05, 0) is 18.9 Å². The van der Waals surface area contributed by atoms with Crippen molar-refractivity contribution in [3.63, 3.8) is 0 Å². The highest BCUT2D eigenvalue weighted by Gasteiger charge is 2.26. The highest BCUT2D eigenvalue weighted by atomic mass is 16.5. The minimum absolute atomic E-state index is 0.517. The molecule has 3 aromatic rings. The average molecular weight is 367 g/mol. The molecule has 3 aromatic heterocycles. The van der Waals surface area contributed by atoms with E-state index in [1.165, 1.54) is 32.1 Å². The first-order chi connectivity index (χ1) is 13.3. The van der Waals surface area contributed by atoms with Crippen molar-refractivity contribution in [2.45, 2.75) is 38.0 Å². The SMILES string of the molecule is Cn1c(C2CCCCC2)nc2c(N3CCOCC3)nc(-n3cccn3)nc21. The first-order valence-electron chi connectivity index (χ1n) is 9.88. The number of ether oxygens (including phenoxy) is 1. The summed E-state index contributed by atoms with van der Waals surface area (Å²) >= 11 is 0. The molecule has 0 aromatic carbocycles. The summed E-state index contributed by atoms with van der Waals surface area (Å²) in [5, 5.41) is 4.32. The van der Waals surface area contributed by atoms with E-state index in [0.717, 1.165) is 35.9 Å². The Hall–Kier alpha value is -2.48. The number of hydrogen-bond acceptors (Lipinski definition) is 6. The van der Waals surface area contributed by atoms with E-state index in [2.05, 4.69) is 21.6 Å². The van der Waals surface area contributed by atoms with Crippen LogP contribution in [-0.2, 0) is 11.8 Å². The second-order valence-corrected chi connectivity index (χ2v) is 7.43. The van der Waals surface area contributed by atoms with Crippen molar-refractivity contribution in [2.75, 3.05) is 31.2 Å². The highest BCUT2D eigenvalue weighted by molar-refractivity contribution is 5.85. The molecule has 27 heavy (non-hydrogen) atoms. The largest absolute Gasteiger partial charge is 0.378 e. The van der Waals surface area contributed by atoms with Gasteiger partial charge in [0.2, 0.25) is 0 Å². The Morgan fingerprint density at radius 3 is 2.59 bits per heavy atom. The van der Waals surface area contributed by atoms with Crippen molar-refractivity contribution >= 4 is 17.0 Å². The number of rotatable bonds is 3. The number of aryl methyl sites for hydroxylation is 1. The molecule has 1 aliphatic heterocycles. The van der Waals surface area contributed by atoms with Crippen LogP contribution in [0.4, 0.5) is 5.82 Å². The third kappa shape index (κ3) is 2.97. The van der Waals surface area contributed by atoms with Crippen LogP contribution in [0.25, 0.3) is 17.1 Å². The quantitative estimate of drug-likeness (QED) is 0.708. The molecule has 0 spiro atoms. The molecule has 0 bridgehead atoms. The topological polar surface area (TPSA) is 73.9 Å². The fourth-order valence-corrected chi connectivity index (χ4v) is 4.26. The first-order valence-corrected chi connectivity index (χ1v) is 9.88. The van der Waals surface area contributed by atoms with Crippen molar-refractivity contribution in [2.24, 2.45) is 7.05 Å². The molecule has 5 rings (SSSR count). The third-order valence-corrected chi connectivity index (χ3v) is 5.71. The third-order valence-electron chi connectivity index (χ3n) is 5.71. The molecule has 142 valence electrons. The Labute approximate surface area is 158 Å². The summed E-state index contributed by atoms with van der Waals surface area (Å²) in [7, 11) is 2.09. The number of aromatic nitrogens is 6. The smallest absolute Gasteiger partial charge is 0.254 e. The molecule has 8 heteroatoms. The summed E-state index contributed by atoms with van der Waals surface area (Å²) in [6.07, 6.45) is 9.96. The number of imidazole rings is 1. The number of anilines is 1. The van der Waals surface area contributed by atoms with Crippen LogP contribution < -0.4 is 4.90 Å². The van der Waals surface area contributed by atoms with Crippen LogP contribution in [0.1, 0.15) is 43.8 Å². The zero-order valence-corrected chi connectivity index (χ0v) is 15.7. The first kappa shape index (κ1) is 16.7. The van der Waals surface area contributed by atoms with E-state index >= 15 is 0 Å². The highest BCUT2D eigenvalue weighted by Crippen LogP contribution is 2.35. The predicted octanol–water partition coefficient (Wildman–Crippen LogP) is 2.43. The van der Waals surface area contributed by atoms with Crippen LogP contribution in [0.15, 0.2) is 18.5 Å². The van der Waals surface area contributed by atoms with Gasteiger partial charge in [-0.15, -0.1) is 0 Å². The van der Waals surface area contributed by atoms with E-state index < -0.39 is 0 Å². The molecule has 0 unspecified atom stereocenters. The van der Waals surface area contributed by atoms with Crippen molar-refractivity contribution < 1.29 is 4.74 Å². The molecule has 0 atom stereocenters. The molecule has 0 radical (unpaired) electrons. The second-order valence-electron chi connectivity index (χ2n) is 7.43. The Kier molecular flexibility index (Phi) is 4.27. The van der Waals surface area contributed by atoms with Gasteiger partial charge >= 0.3 is 0 Å². The lowest BCUT2D eigenvalue weighted by molar-refractivity contribution is 0.122. The molecule has 8 nitrogen and oxygen atoms in total. The number of morpholine rings is 1. The molecular formula is C19H25N7O. The van der Waals surface area contributed by atoms with E-state index in [4.69, 9.17) is 19.7 Å². The maximum absolute atomic E-state index is 5.53. The standard InChI is InChI=1S/C19H25N7O/c1-24-16(14-6-3-2-4-7-14)21-15-17(24)22-19(26-9-5-8-20-26)23-18(15)25-10-12-27-13-11-25/h5,8-9,14H,2-4,6-7,10-13H2,1H3. The monoisotopic (exact) mass is 367 g/mol. The Bertz CT molecular complexity index is 921. The van der Waals surface area contributed by atoms with Gasteiger partial charge in [0, 0.05) is 38.4 Å². The lowest BCUT2D eigenvalue weighted by Crippen LogP contribution is -2.37. The fraction of sp³-hybridized carbons (Fsp3) is 0.579. The Morgan fingerprint density at radius 1 is 1.04 bits per heavy atom. The molecule has 4 heterocycles. The minimum Gasteiger partial charge on any atom is -0.378 e. The van der Waals surface area contributed by atoms with Crippen LogP contribution in [0.3, 0.4) is 0 Å². The van der Waals surface area contributed by atoms with Gasteiger partial charge in [-0.1, -0.05) is 19.3 Å². The fourth-order valence-electron chi connectivity index (χ4n) is 4.26. The van der Waals surface area contributed by atoms with E-state index in [0.29, 0.717) is 25.1 Å². The molecule has 1 aliphatic carbocycles. The normalized spacial score (nSPS) is 19.1. The predicted molar refractivity (Wildman–Crippen MR) is 102 cm³/mol. The van der Waals surface area contributed by atoms with E-state index in [1.807, 2.05) is 12.3 Å². The van der Waals surface area contributed by atoms with Gasteiger partial charge in [0.15, 0.2) is 17.0 Å². The summed E-state index contributed by atoms with van der Waals surface area (Å²) < 4.78 is 9.42. The van der Waals surface area contributed by atoms with E-state index in [1.54, 1.807) is 10.9 Å². The maximum Gasteiger partial charge on any atom is 0.254 e. The summed E-state index contributed by atoms with van der Waals surface area (Å²) in [6.45, 7) is 3.07. The van der Waals surface area contributed by atoms with Gasteiger partial charge in [0.1, 0.15) is 5.82 Å². The van der Waals surface area contributed by atoms with Crippen molar-refractivity contribution in [3.8, 4) is 5.95 Å². The van der Waals surface area contributed by atoms with Crippen LogP contribution in [0.2, 0.25) is 0 Å². The Balaban J connectivity index is 1.67. The number of nitrogens with zero attached hydrogens (tertiary/aromatic N) is 7. The number of fused-ring (bicyclic) bond motifs is 1. The molecule has 0 N–H and O–H groups in total. The van der Waals surface area contributed by atoms with Gasteiger partial charge in [-0.25, -0.2) is 9.67 Å². The maximum atomic E-state index is 5.53. The molecule has 2 aliphatic rings. The van der Waals surface area contributed by atoms with Crippen molar-refractivity contribution in [3.05, 3.63) is 24.3 Å². The van der Waals surface area contributed by atoms with Gasteiger partial charge in [0.05, 0.1) is 13.2 Å². The van der Waals surface area contributed by atoms with Gasteiger partial charge in [0.25, 0.3) is 5.95 Å². The minimum atomic E-state index is 0.517. The summed E-state index contributed by atoms with van der Waals surface area (Å²) in [5.41, 5.74) is 1.79. The molecule has 2 fully saturated rings.